The molecule has 0 radical (unpaired) electrons. The Hall–Kier alpha value is -3.19. The average Bonchev–Trinajstić information content (AvgIpc) is 2.83. The number of carbonyl (C=O) groups is 3. The lowest BCUT2D eigenvalue weighted by molar-refractivity contribution is -0.279. The van der Waals surface area contributed by atoms with Crippen LogP contribution in [0.15, 0.2) is 24.3 Å². The molecule has 1 saturated heterocycles. The molecule has 7 atom stereocenters. The Kier molecular flexibility index (Phi) is 5.98. The fourth-order valence-electron chi connectivity index (χ4n) is 5.42. The number of fused-ring (bicyclic) bond motifs is 3. The monoisotopic (exact) mass is 514 g/mol. The van der Waals surface area contributed by atoms with Crippen molar-refractivity contribution in [3.05, 3.63) is 57.6 Å². The van der Waals surface area contributed by atoms with Crippen LogP contribution >= 0.6 is 0 Å². The maximum absolute atomic E-state index is 13.4. The summed E-state index contributed by atoms with van der Waals surface area (Å²) in [7, 11) is 1.22. The summed E-state index contributed by atoms with van der Waals surface area (Å²) in [4.78, 5) is 40.0. The Bertz CT molecular complexity index is 1320. The zero-order valence-corrected chi connectivity index (χ0v) is 20.2. The number of aliphatic hydroxyl groups is 3. The number of aliphatic hydroxyl groups excluding tert-OH is 2. The van der Waals surface area contributed by atoms with E-state index in [2.05, 4.69) is 0 Å². The molecule has 2 aliphatic carbocycles. The van der Waals surface area contributed by atoms with E-state index in [1.807, 2.05) is 0 Å². The summed E-state index contributed by atoms with van der Waals surface area (Å²) >= 11 is 0. The van der Waals surface area contributed by atoms with Gasteiger partial charge in [-0.05, 0) is 26.0 Å². The zero-order valence-electron chi connectivity index (χ0n) is 20.2. The van der Waals surface area contributed by atoms with Crippen molar-refractivity contribution in [2.24, 2.45) is 0 Å². The smallest absolute Gasteiger partial charge is 0.201 e. The number of Topliss-reactive ketones (excluding diaryl/α,β-unsaturated/α-hetero) is 1. The Labute approximate surface area is 210 Å². The van der Waals surface area contributed by atoms with Crippen molar-refractivity contribution in [2.75, 3.05) is 7.11 Å². The van der Waals surface area contributed by atoms with Crippen LogP contribution in [0, 0.1) is 0 Å². The molecule has 196 valence electrons. The molecule has 5 N–H and O–H groups in total. The van der Waals surface area contributed by atoms with E-state index in [1.54, 1.807) is 0 Å². The largest absolute Gasteiger partial charge is 0.507 e. The van der Waals surface area contributed by atoms with Gasteiger partial charge in [-0.2, -0.15) is 0 Å². The standard InChI is InChI=1S/C26H26O11/c1-9-19(29)14(28)8-15(36-9)37-23-18-12(24(33)26(2,34)25(23)35-3)7-11-17(22(18)32)21(31)16-10(20(11)30)5-4-6-13(16)27/h4-7,9,14-15,19,23,25,27-29,32,34H,8H2,1-3H3/t9-,14-,15-,19-,23+,25-,26+/m0/s1. The predicted octanol–water partition coefficient (Wildman–Crippen LogP) is 0.750. The number of hydrogen-bond acceptors (Lipinski definition) is 11. The van der Waals surface area contributed by atoms with Crippen LogP contribution in [0.2, 0.25) is 0 Å². The highest BCUT2D eigenvalue weighted by atomic mass is 16.7. The molecule has 0 unspecified atom stereocenters. The van der Waals surface area contributed by atoms with Crippen molar-refractivity contribution >= 4 is 17.3 Å². The first-order valence-corrected chi connectivity index (χ1v) is 11.7. The molecule has 2 aromatic carbocycles. The van der Waals surface area contributed by atoms with Crippen molar-refractivity contribution in [3.63, 3.8) is 0 Å². The molecule has 0 spiro atoms. The van der Waals surface area contributed by atoms with E-state index in [1.165, 1.54) is 39.2 Å². The summed E-state index contributed by atoms with van der Waals surface area (Å²) in [6, 6.07) is 5.10. The fraction of sp³-hybridized carbons (Fsp3) is 0.423. The summed E-state index contributed by atoms with van der Waals surface area (Å²) in [6.07, 6.45) is -7.30. The molecule has 1 heterocycles. The fourth-order valence-corrected chi connectivity index (χ4v) is 5.42. The normalized spacial score (nSPS) is 33.1. The van der Waals surface area contributed by atoms with Gasteiger partial charge >= 0.3 is 0 Å². The molecule has 1 fully saturated rings. The Morgan fingerprint density at radius 3 is 2.38 bits per heavy atom. The topological polar surface area (TPSA) is 180 Å². The molecular formula is C26H26O11. The molecule has 2 aromatic rings. The van der Waals surface area contributed by atoms with E-state index in [0.717, 1.165) is 6.07 Å². The van der Waals surface area contributed by atoms with Gasteiger partial charge in [0, 0.05) is 35.8 Å². The van der Waals surface area contributed by atoms with E-state index < -0.39 is 76.8 Å². The zero-order chi connectivity index (χ0) is 27.0. The Morgan fingerprint density at radius 1 is 1.03 bits per heavy atom. The quantitative estimate of drug-likeness (QED) is 0.333. The Balaban J connectivity index is 1.69. The highest BCUT2D eigenvalue weighted by molar-refractivity contribution is 6.31. The number of rotatable bonds is 3. The number of aromatic hydroxyl groups is 2. The third-order valence-corrected chi connectivity index (χ3v) is 7.37. The predicted molar refractivity (Wildman–Crippen MR) is 124 cm³/mol. The maximum Gasteiger partial charge on any atom is 0.201 e. The van der Waals surface area contributed by atoms with Gasteiger partial charge in [0.15, 0.2) is 23.5 Å². The van der Waals surface area contributed by atoms with Crippen LogP contribution in [0.4, 0.5) is 0 Å². The second-order valence-corrected chi connectivity index (χ2v) is 9.72. The second kappa shape index (κ2) is 8.69. The van der Waals surface area contributed by atoms with Crippen LogP contribution in [0.25, 0.3) is 0 Å². The van der Waals surface area contributed by atoms with Crippen molar-refractivity contribution in [2.45, 2.75) is 62.7 Å². The molecule has 0 aromatic heterocycles. The molecule has 5 rings (SSSR count). The summed E-state index contributed by atoms with van der Waals surface area (Å²) in [5, 5.41) is 53.0. The molecule has 3 aliphatic rings. The lowest BCUT2D eigenvalue weighted by Gasteiger charge is -2.44. The minimum absolute atomic E-state index is 0.0911. The molecule has 11 nitrogen and oxygen atoms in total. The number of phenolic OH excluding ortho intramolecular Hbond substituents is 2. The van der Waals surface area contributed by atoms with Crippen molar-refractivity contribution in [1.29, 1.82) is 0 Å². The number of hydrogen-bond donors (Lipinski definition) is 5. The van der Waals surface area contributed by atoms with Gasteiger partial charge in [0.2, 0.25) is 5.78 Å². The molecule has 0 saturated carbocycles. The summed E-state index contributed by atoms with van der Waals surface area (Å²) in [6.45, 7) is 2.72. The van der Waals surface area contributed by atoms with Crippen LogP contribution in [0.1, 0.15) is 74.1 Å². The van der Waals surface area contributed by atoms with E-state index in [4.69, 9.17) is 14.2 Å². The first-order valence-electron chi connectivity index (χ1n) is 11.7. The molecule has 0 amide bonds. The van der Waals surface area contributed by atoms with Crippen molar-refractivity contribution in [3.8, 4) is 11.5 Å². The SMILES string of the molecule is CO[C@H]1[C@H](O[C@H]2C[C@H](O)[C@@H](O)[C@H](C)O2)c2c(cc3c(c2O)C(=O)c2c(O)cccc2C3=O)C(=O)[C@@]1(C)O. The number of phenols is 2. The van der Waals surface area contributed by atoms with E-state index in [0.29, 0.717) is 0 Å². The minimum atomic E-state index is -2.18. The van der Waals surface area contributed by atoms with Crippen LogP contribution in [-0.4, -0.2) is 86.3 Å². The van der Waals surface area contributed by atoms with Gasteiger partial charge in [0.1, 0.15) is 29.8 Å². The molecule has 37 heavy (non-hydrogen) atoms. The summed E-state index contributed by atoms with van der Waals surface area (Å²) in [5.74, 6) is -3.58. The van der Waals surface area contributed by atoms with E-state index in [-0.39, 0.29) is 34.2 Å². The van der Waals surface area contributed by atoms with Crippen molar-refractivity contribution < 1.29 is 54.1 Å². The summed E-state index contributed by atoms with van der Waals surface area (Å²) in [5.41, 5.74) is -3.71. The molecule has 0 bridgehead atoms. The molecule has 11 heteroatoms. The van der Waals surface area contributed by atoms with Crippen LogP contribution in [-0.2, 0) is 14.2 Å². The van der Waals surface area contributed by atoms with Gasteiger partial charge < -0.3 is 39.7 Å². The third-order valence-electron chi connectivity index (χ3n) is 7.37. The van der Waals surface area contributed by atoms with Gasteiger partial charge in [-0.15, -0.1) is 0 Å². The lowest BCUT2D eigenvalue weighted by atomic mass is 9.72. The lowest BCUT2D eigenvalue weighted by Crippen LogP contribution is -2.56. The number of methoxy groups -OCH3 is 1. The number of benzene rings is 2. The van der Waals surface area contributed by atoms with Crippen LogP contribution in [0.5, 0.6) is 11.5 Å². The van der Waals surface area contributed by atoms with Crippen molar-refractivity contribution in [1.82, 2.24) is 0 Å². The highest BCUT2D eigenvalue weighted by Crippen LogP contribution is 2.49. The van der Waals surface area contributed by atoms with Gasteiger partial charge in [0.25, 0.3) is 0 Å². The van der Waals surface area contributed by atoms with E-state index in [9.17, 15) is 39.9 Å². The molecule has 1 aliphatic heterocycles. The van der Waals surface area contributed by atoms with Gasteiger partial charge in [-0.25, -0.2) is 0 Å². The molecular weight excluding hydrogens is 488 g/mol. The first-order chi connectivity index (χ1) is 17.4. The highest BCUT2D eigenvalue weighted by Gasteiger charge is 2.54. The maximum atomic E-state index is 13.4. The minimum Gasteiger partial charge on any atom is -0.507 e. The Morgan fingerprint density at radius 2 is 1.73 bits per heavy atom. The number of ether oxygens (including phenoxy) is 3. The average molecular weight is 514 g/mol. The third kappa shape index (κ3) is 3.62. The van der Waals surface area contributed by atoms with Gasteiger partial charge in [-0.3, -0.25) is 14.4 Å². The van der Waals surface area contributed by atoms with E-state index >= 15 is 0 Å². The number of carbonyl (C=O) groups excluding carboxylic acids is 3. The summed E-state index contributed by atoms with van der Waals surface area (Å²) < 4.78 is 17.1. The first kappa shape index (κ1) is 25.5. The second-order valence-electron chi connectivity index (χ2n) is 9.72. The number of ketones is 3. The van der Waals surface area contributed by atoms with Gasteiger partial charge in [0.05, 0.1) is 23.3 Å². The van der Waals surface area contributed by atoms with Crippen LogP contribution in [0.3, 0.4) is 0 Å². The van der Waals surface area contributed by atoms with Crippen LogP contribution < -0.4 is 0 Å². The van der Waals surface area contributed by atoms with Gasteiger partial charge in [-0.1, -0.05) is 12.1 Å².